The number of aliphatic hydroxyl groups is 1. The van der Waals surface area contributed by atoms with Crippen molar-refractivity contribution in [3.8, 4) is 0 Å². The van der Waals surface area contributed by atoms with Gasteiger partial charge in [0.15, 0.2) is 11.9 Å². The number of anilines is 2. The van der Waals surface area contributed by atoms with E-state index in [1.807, 2.05) is 5.32 Å². The van der Waals surface area contributed by atoms with Gasteiger partial charge in [-0.1, -0.05) is 0 Å². The fraction of sp³-hybridized carbons (Fsp3) is 0.615. The number of alkyl halides is 5. The highest BCUT2D eigenvalue weighted by Gasteiger charge is 2.46. The molecule has 0 bridgehead atoms. The highest BCUT2D eigenvalue weighted by atomic mass is 19.4. The molecule has 0 radical (unpaired) electrons. The van der Waals surface area contributed by atoms with E-state index in [4.69, 9.17) is 0 Å². The van der Waals surface area contributed by atoms with E-state index in [0.29, 0.717) is 0 Å². The predicted octanol–water partition coefficient (Wildman–Crippen LogP) is 2.68. The van der Waals surface area contributed by atoms with E-state index in [1.165, 1.54) is 7.11 Å². The van der Waals surface area contributed by atoms with Crippen molar-refractivity contribution in [2.24, 2.45) is 0 Å². The third kappa shape index (κ3) is 4.33. The van der Waals surface area contributed by atoms with Crippen molar-refractivity contribution in [3.63, 3.8) is 0 Å². The van der Waals surface area contributed by atoms with Crippen LogP contribution in [0.25, 0.3) is 5.57 Å². The Morgan fingerprint density at radius 3 is 2.42 bits per heavy atom. The van der Waals surface area contributed by atoms with Crippen molar-refractivity contribution < 1.29 is 36.3 Å². The van der Waals surface area contributed by atoms with E-state index in [-0.39, 0.29) is 5.95 Å². The standard InChI is InChI=1S/C13H15F6N5O2/c1-5(13(17,18)19)20-10-21-9(22-11(23-10)24-26-2)6-3-4-12(15,16)8(25)7(6)14/h5,8,25H,3-4H2,1-2H3,(H2,20,21,22,23,24)/t5-,8?/m1/s1. The van der Waals surface area contributed by atoms with Crippen LogP contribution in [-0.4, -0.2) is 51.4 Å². The minimum absolute atomic E-state index is 0.374. The second-order valence-electron chi connectivity index (χ2n) is 5.51. The molecule has 13 heteroatoms. The first-order valence-corrected chi connectivity index (χ1v) is 7.29. The van der Waals surface area contributed by atoms with Gasteiger partial charge >= 0.3 is 6.18 Å². The van der Waals surface area contributed by atoms with Crippen molar-refractivity contribution in [2.75, 3.05) is 17.9 Å². The average molecular weight is 387 g/mol. The van der Waals surface area contributed by atoms with Crippen LogP contribution in [0.5, 0.6) is 0 Å². The number of aliphatic hydroxyl groups excluding tert-OH is 1. The maximum absolute atomic E-state index is 14.1. The molecule has 2 atom stereocenters. The topological polar surface area (TPSA) is 92.2 Å². The van der Waals surface area contributed by atoms with Gasteiger partial charge in [0.25, 0.3) is 11.9 Å². The van der Waals surface area contributed by atoms with Gasteiger partial charge < -0.3 is 10.4 Å². The molecule has 1 heterocycles. The van der Waals surface area contributed by atoms with Crippen LogP contribution in [0.2, 0.25) is 0 Å². The summed E-state index contributed by atoms with van der Waals surface area (Å²) in [6.45, 7) is 0.803. The number of nitrogens with one attached hydrogen (secondary N) is 2. The third-order valence-corrected chi connectivity index (χ3v) is 3.57. The van der Waals surface area contributed by atoms with Crippen molar-refractivity contribution in [3.05, 3.63) is 11.7 Å². The monoisotopic (exact) mass is 387 g/mol. The molecule has 0 amide bonds. The molecule has 1 unspecified atom stereocenters. The normalized spacial score (nSPS) is 21.5. The maximum Gasteiger partial charge on any atom is 0.408 e. The zero-order chi connectivity index (χ0) is 19.7. The predicted molar refractivity (Wildman–Crippen MR) is 77.8 cm³/mol. The molecule has 1 aliphatic carbocycles. The molecule has 1 aromatic heterocycles. The van der Waals surface area contributed by atoms with E-state index in [0.717, 1.165) is 6.92 Å². The van der Waals surface area contributed by atoms with E-state index in [2.05, 4.69) is 25.3 Å². The molecule has 1 aliphatic rings. The lowest BCUT2D eigenvalue weighted by Crippen LogP contribution is -2.37. The number of nitrogens with zero attached hydrogens (tertiary/aromatic N) is 3. The molecule has 7 nitrogen and oxygen atoms in total. The Morgan fingerprint density at radius 2 is 1.85 bits per heavy atom. The van der Waals surface area contributed by atoms with Crippen LogP contribution in [0.15, 0.2) is 5.83 Å². The minimum Gasteiger partial charge on any atom is -0.380 e. The zero-order valence-corrected chi connectivity index (χ0v) is 13.5. The van der Waals surface area contributed by atoms with Crippen LogP contribution >= 0.6 is 0 Å². The van der Waals surface area contributed by atoms with Crippen LogP contribution in [0.4, 0.5) is 38.2 Å². The molecular formula is C13H15F6N5O2. The van der Waals surface area contributed by atoms with E-state index in [1.54, 1.807) is 0 Å². The number of halogens is 6. The lowest BCUT2D eigenvalue weighted by molar-refractivity contribution is -0.138. The minimum atomic E-state index is -4.62. The average Bonchev–Trinajstić information content (AvgIpc) is 2.52. The lowest BCUT2D eigenvalue weighted by Gasteiger charge is -2.27. The smallest absolute Gasteiger partial charge is 0.380 e. The molecule has 0 fully saturated rings. The first-order valence-electron chi connectivity index (χ1n) is 7.29. The Bertz CT molecular complexity index is 696. The SMILES string of the molecule is CONc1nc(N[C@H](C)C(F)(F)F)nc(C2=C(F)C(O)C(F)(F)CC2)n1. The van der Waals surface area contributed by atoms with Gasteiger partial charge in [0, 0.05) is 12.0 Å². The number of rotatable bonds is 5. The largest absolute Gasteiger partial charge is 0.408 e. The van der Waals surface area contributed by atoms with Gasteiger partial charge in [0.2, 0.25) is 5.95 Å². The Kier molecular flexibility index (Phi) is 5.61. The summed E-state index contributed by atoms with van der Waals surface area (Å²) < 4.78 is 78.9. The number of hydrogen-bond acceptors (Lipinski definition) is 7. The Morgan fingerprint density at radius 1 is 1.23 bits per heavy atom. The van der Waals surface area contributed by atoms with Crippen molar-refractivity contribution in [1.29, 1.82) is 0 Å². The van der Waals surface area contributed by atoms with Crippen LogP contribution in [-0.2, 0) is 4.84 Å². The quantitative estimate of drug-likeness (QED) is 0.529. The number of aromatic nitrogens is 3. The molecular weight excluding hydrogens is 372 g/mol. The summed E-state index contributed by atoms with van der Waals surface area (Å²) in [5, 5.41) is 11.3. The lowest BCUT2D eigenvalue weighted by atomic mass is 9.92. The third-order valence-electron chi connectivity index (χ3n) is 3.57. The van der Waals surface area contributed by atoms with E-state index < -0.39 is 60.3 Å². The maximum atomic E-state index is 14.1. The Hall–Kier alpha value is -2.15. The van der Waals surface area contributed by atoms with Crippen LogP contribution < -0.4 is 10.8 Å². The summed E-state index contributed by atoms with van der Waals surface area (Å²) in [6, 6.07) is -2.05. The van der Waals surface area contributed by atoms with Gasteiger partial charge in [0.1, 0.15) is 11.9 Å². The summed E-state index contributed by atoms with van der Waals surface area (Å²) >= 11 is 0. The molecule has 0 spiro atoms. The van der Waals surface area contributed by atoms with Gasteiger partial charge in [-0.05, 0) is 13.3 Å². The molecule has 3 N–H and O–H groups in total. The van der Waals surface area contributed by atoms with Crippen LogP contribution in [0, 0.1) is 0 Å². The second kappa shape index (κ2) is 7.23. The van der Waals surface area contributed by atoms with E-state index >= 15 is 0 Å². The van der Waals surface area contributed by atoms with Crippen molar-refractivity contribution in [1.82, 2.24) is 15.0 Å². The Balaban J connectivity index is 2.44. The summed E-state index contributed by atoms with van der Waals surface area (Å²) in [5.41, 5.74) is 1.69. The molecule has 146 valence electrons. The molecule has 26 heavy (non-hydrogen) atoms. The van der Waals surface area contributed by atoms with E-state index in [9.17, 15) is 31.4 Å². The van der Waals surface area contributed by atoms with Crippen LogP contribution in [0.1, 0.15) is 25.6 Å². The van der Waals surface area contributed by atoms with Crippen LogP contribution in [0.3, 0.4) is 0 Å². The molecule has 0 aromatic carbocycles. The van der Waals surface area contributed by atoms with Gasteiger partial charge in [-0.2, -0.15) is 28.1 Å². The first kappa shape index (κ1) is 20.2. The Labute approximate surface area is 143 Å². The fourth-order valence-electron chi connectivity index (χ4n) is 2.10. The highest BCUT2D eigenvalue weighted by molar-refractivity contribution is 5.65. The molecule has 1 aromatic rings. The van der Waals surface area contributed by atoms with Crippen molar-refractivity contribution in [2.45, 2.75) is 44.0 Å². The van der Waals surface area contributed by atoms with Crippen molar-refractivity contribution >= 4 is 17.5 Å². The second-order valence-corrected chi connectivity index (χ2v) is 5.51. The summed E-state index contributed by atoms with van der Waals surface area (Å²) in [7, 11) is 1.17. The van der Waals surface area contributed by atoms with Gasteiger partial charge in [-0.25, -0.2) is 18.7 Å². The fourth-order valence-corrected chi connectivity index (χ4v) is 2.10. The van der Waals surface area contributed by atoms with Gasteiger partial charge in [-0.15, -0.1) is 0 Å². The highest BCUT2D eigenvalue weighted by Crippen LogP contribution is 2.41. The number of allylic oxidation sites excluding steroid dienone is 1. The molecule has 0 aliphatic heterocycles. The summed E-state index contributed by atoms with van der Waals surface area (Å²) in [5.74, 6) is -6.66. The molecule has 2 rings (SSSR count). The molecule has 0 saturated heterocycles. The van der Waals surface area contributed by atoms with Gasteiger partial charge in [-0.3, -0.25) is 4.84 Å². The summed E-state index contributed by atoms with van der Waals surface area (Å²) in [4.78, 5) is 15.5. The molecule has 0 saturated carbocycles. The number of hydrogen-bond donors (Lipinski definition) is 3. The summed E-state index contributed by atoms with van der Waals surface area (Å²) in [6.07, 6.45) is -8.71. The zero-order valence-electron chi connectivity index (χ0n) is 13.5. The first-order chi connectivity index (χ1) is 12.0. The van der Waals surface area contributed by atoms with Gasteiger partial charge in [0.05, 0.1) is 7.11 Å².